The van der Waals surface area contributed by atoms with Gasteiger partial charge in [0.25, 0.3) is 5.91 Å². The van der Waals surface area contributed by atoms with Crippen LogP contribution in [-0.4, -0.2) is 38.3 Å². The zero-order valence-corrected chi connectivity index (χ0v) is 17.8. The van der Waals surface area contributed by atoms with Gasteiger partial charge in [0.15, 0.2) is 0 Å². The molecular weight excluding hydrogens is 410 g/mol. The molecule has 2 N–H and O–H groups in total. The predicted octanol–water partition coefficient (Wildman–Crippen LogP) is 3.46. The number of hydrogen-bond acceptors (Lipinski definition) is 4. The molecule has 2 aromatic carbocycles. The number of nitrogens with zero attached hydrogens (tertiary/aromatic N) is 2. The lowest BCUT2D eigenvalue weighted by atomic mass is 9.99. The van der Waals surface area contributed by atoms with Crippen molar-refractivity contribution in [2.24, 2.45) is 0 Å². The number of anilines is 2. The number of carbonyl (C=O) groups excluding carboxylic acids is 1. The summed E-state index contributed by atoms with van der Waals surface area (Å²) in [6.45, 7) is 1.68. The molecule has 2 aliphatic rings. The van der Waals surface area contributed by atoms with Crippen molar-refractivity contribution in [1.82, 2.24) is 4.31 Å². The van der Waals surface area contributed by atoms with E-state index in [1.807, 2.05) is 18.2 Å². The summed E-state index contributed by atoms with van der Waals surface area (Å²) < 4.78 is 27.5. The second kappa shape index (κ2) is 8.73. The van der Waals surface area contributed by atoms with Gasteiger partial charge in [-0.15, -0.1) is 12.4 Å². The Hall–Kier alpha value is -2.09. The summed E-state index contributed by atoms with van der Waals surface area (Å²) >= 11 is 0. The van der Waals surface area contributed by atoms with Gasteiger partial charge in [0.2, 0.25) is 10.0 Å². The van der Waals surface area contributed by atoms with Crippen LogP contribution >= 0.6 is 12.4 Å². The predicted molar refractivity (Wildman–Crippen MR) is 117 cm³/mol. The first-order valence-corrected chi connectivity index (χ1v) is 11.2. The highest BCUT2D eigenvalue weighted by molar-refractivity contribution is 7.89. The molecule has 8 heteroatoms. The lowest BCUT2D eigenvalue weighted by Crippen LogP contribution is -2.37. The Morgan fingerprint density at radius 2 is 1.66 bits per heavy atom. The fourth-order valence-corrected chi connectivity index (χ4v) is 5.63. The summed E-state index contributed by atoms with van der Waals surface area (Å²) in [5.74, 6) is -0.192. The number of benzene rings is 2. The monoisotopic (exact) mass is 435 g/mol. The van der Waals surface area contributed by atoms with Crippen molar-refractivity contribution in [3.63, 3.8) is 0 Å². The van der Waals surface area contributed by atoms with Crippen molar-refractivity contribution in [2.75, 3.05) is 30.3 Å². The number of sulfonamides is 1. The number of rotatable bonds is 3. The van der Waals surface area contributed by atoms with E-state index in [1.165, 1.54) is 10.4 Å². The zero-order chi connectivity index (χ0) is 19.7. The molecule has 0 aromatic heterocycles. The van der Waals surface area contributed by atoms with Crippen LogP contribution in [0, 0.1) is 0 Å². The van der Waals surface area contributed by atoms with Crippen LogP contribution in [0.5, 0.6) is 0 Å². The summed E-state index contributed by atoms with van der Waals surface area (Å²) in [5, 5.41) is 0. The first kappa shape index (κ1) is 21.6. The van der Waals surface area contributed by atoms with E-state index in [0.29, 0.717) is 30.9 Å². The van der Waals surface area contributed by atoms with E-state index in [-0.39, 0.29) is 23.2 Å². The first-order chi connectivity index (χ1) is 13.5. The maximum Gasteiger partial charge on any atom is 0.258 e. The van der Waals surface area contributed by atoms with E-state index >= 15 is 0 Å². The number of nitrogen functional groups attached to an aromatic ring is 1. The van der Waals surface area contributed by atoms with Gasteiger partial charge in [-0.1, -0.05) is 18.6 Å². The maximum atomic E-state index is 13.2. The fraction of sp³-hybridized carbons (Fsp3) is 0.381. The largest absolute Gasteiger partial charge is 0.398 e. The van der Waals surface area contributed by atoms with Crippen LogP contribution in [0.25, 0.3) is 0 Å². The fourth-order valence-electron chi connectivity index (χ4n) is 4.06. The molecule has 0 saturated carbocycles. The Balaban J connectivity index is 0.00000240. The zero-order valence-electron chi connectivity index (χ0n) is 16.2. The van der Waals surface area contributed by atoms with Crippen molar-refractivity contribution in [2.45, 2.75) is 37.0 Å². The second-order valence-electron chi connectivity index (χ2n) is 7.40. The molecule has 2 aliphatic heterocycles. The third-order valence-electron chi connectivity index (χ3n) is 5.57. The van der Waals surface area contributed by atoms with Crippen LogP contribution in [0.1, 0.15) is 41.6 Å². The van der Waals surface area contributed by atoms with E-state index in [4.69, 9.17) is 5.73 Å². The van der Waals surface area contributed by atoms with Gasteiger partial charge in [0.1, 0.15) is 0 Å². The van der Waals surface area contributed by atoms with E-state index < -0.39 is 10.0 Å². The van der Waals surface area contributed by atoms with Gasteiger partial charge in [-0.2, -0.15) is 4.31 Å². The summed E-state index contributed by atoms with van der Waals surface area (Å²) in [6, 6.07) is 12.0. The first-order valence-electron chi connectivity index (χ1n) is 9.78. The molecule has 0 aliphatic carbocycles. The number of hydrogen-bond donors (Lipinski definition) is 1. The van der Waals surface area contributed by atoms with Gasteiger partial charge in [-0.3, -0.25) is 4.79 Å². The van der Waals surface area contributed by atoms with Gasteiger partial charge in [-0.05, 0) is 61.6 Å². The van der Waals surface area contributed by atoms with Crippen LogP contribution in [-0.2, 0) is 16.4 Å². The van der Waals surface area contributed by atoms with Crippen molar-refractivity contribution in [1.29, 1.82) is 0 Å². The number of piperidine rings is 1. The molecule has 0 radical (unpaired) electrons. The molecule has 0 bridgehead atoms. The summed E-state index contributed by atoms with van der Waals surface area (Å²) in [4.78, 5) is 15.1. The summed E-state index contributed by atoms with van der Waals surface area (Å²) in [5.41, 5.74) is 8.96. The normalized spacial score (nSPS) is 17.3. The molecule has 0 spiro atoms. The van der Waals surface area contributed by atoms with Crippen molar-refractivity contribution in [3.05, 3.63) is 53.6 Å². The lowest BCUT2D eigenvalue weighted by Gasteiger charge is -2.30. The van der Waals surface area contributed by atoms with Gasteiger partial charge in [0.05, 0.1) is 4.90 Å². The van der Waals surface area contributed by atoms with Gasteiger partial charge < -0.3 is 10.6 Å². The molecule has 6 nitrogen and oxygen atoms in total. The average Bonchev–Trinajstić information content (AvgIpc) is 2.74. The van der Waals surface area contributed by atoms with E-state index in [9.17, 15) is 13.2 Å². The molecule has 1 fully saturated rings. The number of fused-ring (bicyclic) bond motifs is 1. The Morgan fingerprint density at radius 3 is 2.41 bits per heavy atom. The Morgan fingerprint density at radius 1 is 0.931 bits per heavy atom. The quantitative estimate of drug-likeness (QED) is 0.748. The minimum atomic E-state index is -3.57. The summed E-state index contributed by atoms with van der Waals surface area (Å²) in [6.07, 6.45) is 4.49. The maximum absolute atomic E-state index is 13.2. The minimum Gasteiger partial charge on any atom is -0.398 e. The SMILES string of the molecule is Cl.Nc1cccc2c1CCCN2C(=O)c1cccc(S(=O)(=O)N2CCCCC2)c1. The molecule has 2 aromatic rings. The number of amides is 1. The molecule has 1 amide bonds. The van der Waals surface area contributed by atoms with E-state index in [2.05, 4.69) is 0 Å². The standard InChI is InChI=1S/C21H25N3O3S.ClH/c22-19-10-5-11-20-18(19)9-6-14-24(20)21(25)16-7-4-8-17(15-16)28(26,27)23-12-2-1-3-13-23;/h4-5,7-8,10-11,15H,1-3,6,9,12-14,22H2;1H. The highest BCUT2D eigenvalue weighted by Crippen LogP contribution is 2.32. The Labute approximate surface area is 178 Å². The van der Waals surface area contributed by atoms with Crippen LogP contribution < -0.4 is 10.6 Å². The molecule has 156 valence electrons. The van der Waals surface area contributed by atoms with Crippen molar-refractivity contribution >= 4 is 39.7 Å². The Bertz CT molecular complexity index is 1000. The highest BCUT2D eigenvalue weighted by atomic mass is 35.5. The second-order valence-corrected chi connectivity index (χ2v) is 9.34. The van der Waals surface area contributed by atoms with Crippen LogP contribution in [0.2, 0.25) is 0 Å². The van der Waals surface area contributed by atoms with Crippen LogP contribution in [0.15, 0.2) is 47.4 Å². The molecule has 2 heterocycles. The van der Waals surface area contributed by atoms with E-state index in [0.717, 1.165) is 43.4 Å². The van der Waals surface area contributed by atoms with Gasteiger partial charge in [-0.25, -0.2) is 8.42 Å². The smallest absolute Gasteiger partial charge is 0.258 e. The van der Waals surface area contributed by atoms with Gasteiger partial charge >= 0.3 is 0 Å². The molecule has 1 saturated heterocycles. The average molecular weight is 436 g/mol. The number of nitrogens with two attached hydrogens (primary N) is 1. The van der Waals surface area contributed by atoms with Crippen molar-refractivity contribution in [3.8, 4) is 0 Å². The minimum absolute atomic E-state index is 0. The van der Waals surface area contributed by atoms with E-state index in [1.54, 1.807) is 23.1 Å². The number of carbonyl (C=O) groups is 1. The molecule has 0 atom stereocenters. The summed E-state index contributed by atoms with van der Waals surface area (Å²) in [7, 11) is -3.57. The third-order valence-corrected chi connectivity index (χ3v) is 7.46. The Kier molecular flexibility index (Phi) is 6.51. The molecule has 29 heavy (non-hydrogen) atoms. The molecular formula is C21H26ClN3O3S. The van der Waals surface area contributed by atoms with Crippen molar-refractivity contribution < 1.29 is 13.2 Å². The highest BCUT2D eigenvalue weighted by Gasteiger charge is 2.28. The van der Waals surface area contributed by atoms with Crippen LogP contribution in [0.4, 0.5) is 11.4 Å². The topological polar surface area (TPSA) is 83.7 Å². The van der Waals surface area contributed by atoms with Gasteiger partial charge in [0, 0.05) is 36.6 Å². The third kappa shape index (κ3) is 4.13. The van der Waals surface area contributed by atoms with Crippen LogP contribution in [0.3, 0.4) is 0 Å². The molecule has 0 unspecified atom stereocenters. The number of halogens is 1. The lowest BCUT2D eigenvalue weighted by molar-refractivity contribution is 0.0985. The molecule has 4 rings (SSSR count).